The normalized spacial score (nSPS) is 55.1. The molecule has 3 aliphatic heterocycles. The Balaban J connectivity index is 1.25. The minimum absolute atomic E-state index is 0.0451. The molecule has 0 aromatic rings. The third kappa shape index (κ3) is 6.68. The van der Waals surface area contributed by atoms with E-state index in [9.17, 15) is 40.5 Å². The topological polar surface area (TPSA) is 214 Å². The highest BCUT2D eigenvalue weighted by molar-refractivity contribution is 5.66. The highest BCUT2D eigenvalue weighted by Gasteiger charge is 2.76. The lowest BCUT2D eigenvalue weighted by Gasteiger charge is -2.73. The first-order chi connectivity index (χ1) is 26.2. The molecule has 4 saturated carbocycles. The molecule has 7 rings (SSSR count). The predicted molar refractivity (Wildman–Crippen MR) is 204 cm³/mol. The van der Waals surface area contributed by atoms with Gasteiger partial charge in [0.2, 0.25) is 0 Å². The summed E-state index contributed by atoms with van der Waals surface area (Å²) >= 11 is 0. The standard InChI is InChI=1S/C43H72O14/c1-21(44)54-32-24(47)20-53-36(31(32)50)56-27-11-13-40(7)34(37(27,2)3)25(55-35-30(49)29(48)23(46)19-52-35)17-26-39(40,6)15-16-41(8)33(22(45)18-42(26,41)9)43(10)14-12-28(57-43)38(4,5)51/h22-36,45-51H,11-20H2,1-10H3/t22-,23+,24+,25-,26+,27-,28-,29-,30+,31+,32-,33-,34-,35-,36-,39+,40-,41+,42-,43+/m0/s1. The molecule has 4 aliphatic carbocycles. The van der Waals surface area contributed by atoms with Gasteiger partial charge in [-0.25, -0.2) is 0 Å². The molecule has 3 saturated heterocycles. The molecule has 0 aromatic heterocycles. The van der Waals surface area contributed by atoms with Crippen molar-refractivity contribution in [1.29, 1.82) is 0 Å². The number of ether oxygens (including phenoxy) is 6. The monoisotopic (exact) mass is 812 g/mol. The Labute approximate surface area is 337 Å². The van der Waals surface area contributed by atoms with Gasteiger partial charge in [-0.05, 0) is 111 Å². The van der Waals surface area contributed by atoms with Crippen LogP contribution in [-0.4, -0.2) is 140 Å². The Hall–Kier alpha value is -1.01. The maximum Gasteiger partial charge on any atom is 0.303 e. The molecular formula is C43H72O14. The number of carbonyl (C=O) groups is 1. The lowest BCUT2D eigenvalue weighted by Crippen LogP contribution is -2.71. The largest absolute Gasteiger partial charge is 0.457 e. The first kappa shape index (κ1) is 44.1. The molecule has 7 N–H and O–H groups in total. The van der Waals surface area contributed by atoms with E-state index in [1.807, 2.05) is 0 Å². The number of hydrogen-bond donors (Lipinski definition) is 7. The van der Waals surface area contributed by atoms with Crippen molar-refractivity contribution < 1.29 is 69.0 Å². The van der Waals surface area contributed by atoms with Gasteiger partial charge in [0.05, 0.1) is 48.8 Å². The zero-order valence-electron chi connectivity index (χ0n) is 35.7. The van der Waals surface area contributed by atoms with Crippen LogP contribution in [-0.2, 0) is 33.2 Å². The Morgan fingerprint density at radius 3 is 1.89 bits per heavy atom. The van der Waals surface area contributed by atoms with Crippen molar-refractivity contribution in [3.63, 3.8) is 0 Å². The van der Waals surface area contributed by atoms with Gasteiger partial charge in [-0.3, -0.25) is 4.79 Å². The third-order valence-corrected chi connectivity index (χ3v) is 17.6. The summed E-state index contributed by atoms with van der Waals surface area (Å²) < 4.78 is 37.4. The van der Waals surface area contributed by atoms with Gasteiger partial charge in [0.1, 0.15) is 30.5 Å². The van der Waals surface area contributed by atoms with Crippen LogP contribution in [0.3, 0.4) is 0 Å². The van der Waals surface area contributed by atoms with E-state index in [0.717, 1.165) is 25.7 Å². The molecule has 14 nitrogen and oxygen atoms in total. The SMILES string of the molecule is CC(=O)O[C@@H]1[C@@H](O)[C@H](O[C@H]2CC[C@@]3(C)[C@@H]([C@@H](O[C@@H]4OC[C@@H](O)[C@H](O)[C@H]4O)C[C@H]4[C@]5(C)C[C@H](O)[C@H]([C@@]6(C)CC[C@@H](C(C)(C)O)O6)[C@@]5(C)CC[C@]43C)C2(C)C)OC[C@H]1O. The zero-order chi connectivity index (χ0) is 42.1. The Bertz CT molecular complexity index is 1500. The van der Waals surface area contributed by atoms with Crippen molar-refractivity contribution in [3.8, 4) is 0 Å². The van der Waals surface area contributed by atoms with Gasteiger partial charge in [0.25, 0.3) is 0 Å². The predicted octanol–water partition coefficient (Wildman–Crippen LogP) is 2.57. The van der Waals surface area contributed by atoms with E-state index in [1.54, 1.807) is 13.8 Å². The Morgan fingerprint density at radius 2 is 1.28 bits per heavy atom. The highest BCUT2D eigenvalue weighted by atomic mass is 16.7. The van der Waals surface area contributed by atoms with Crippen LogP contribution in [0.5, 0.6) is 0 Å². The third-order valence-electron chi connectivity index (χ3n) is 17.6. The maximum atomic E-state index is 12.3. The van der Waals surface area contributed by atoms with E-state index >= 15 is 0 Å². The first-order valence-corrected chi connectivity index (χ1v) is 21.4. The number of aliphatic hydroxyl groups excluding tert-OH is 6. The summed E-state index contributed by atoms with van der Waals surface area (Å²) in [5.74, 6) is -0.972. The van der Waals surface area contributed by atoms with E-state index in [4.69, 9.17) is 28.4 Å². The number of fused-ring (bicyclic) bond motifs is 5. The highest BCUT2D eigenvalue weighted by Crippen LogP contribution is 2.79. The molecule has 0 amide bonds. The van der Waals surface area contributed by atoms with Crippen LogP contribution >= 0.6 is 0 Å². The van der Waals surface area contributed by atoms with Crippen LogP contribution in [0, 0.1) is 44.8 Å². The fourth-order valence-electron chi connectivity index (χ4n) is 14.5. The molecule has 0 bridgehead atoms. The number of esters is 1. The van der Waals surface area contributed by atoms with E-state index < -0.39 is 90.1 Å². The van der Waals surface area contributed by atoms with Crippen molar-refractivity contribution in [2.75, 3.05) is 13.2 Å². The van der Waals surface area contributed by atoms with E-state index in [-0.39, 0.29) is 58.7 Å². The molecule has 0 unspecified atom stereocenters. The summed E-state index contributed by atoms with van der Waals surface area (Å²) in [4.78, 5) is 11.9. The average molecular weight is 813 g/mol. The van der Waals surface area contributed by atoms with Gasteiger partial charge < -0.3 is 64.2 Å². The summed E-state index contributed by atoms with van der Waals surface area (Å²) in [6, 6.07) is 0. The molecule has 14 heteroatoms. The van der Waals surface area contributed by atoms with Crippen molar-refractivity contribution in [3.05, 3.63) is 0 Å². The summed E-state index contributed by atoms with van der Waals surface area (Å²) in [5, 5.41) is 77.2. The van der Waals surface area contributed by atoms with Gasteiger partial charge >= 0.3 is 5.97 Å². The van der Waals surface area contributed by atoms with Gasteiger partial charge in [0.15, 0.2) is 18.7 Å². The lowest BCUT2D eigenvalue weighted by atomic mass is 9.32. The van der Waals surface area contributed by atoms with E-state index in [0.29, 0.717) is 25.7 Å². The smallest absolute Gasteiger partial charge is 0.303 e. The van der Waals surface area contributed by atoms with Crippen molar-refractivity contribution >= 4 is 5.97 Å². The minimum Gasteiger partial charge on any atom is -0.457 e. The lowest BCUT2D eigenvalue weighted by molar-refractivity contribution is -0.347. The van der Waals surface area contributed by atoms with Crippen LogP contribution in [0.4, 0.5) is 0 Å². The average Bonchev–Trinajstić information content (AvgIpc) is 3.61. The second-order valence-corrected chi connectivity index (χ2v) is 21.5. The summed E-state index contributed by atoms with van der Waals surface area (Å²) in [7, 11) is 0. The molecule has 57 heavy (non-hydrogen) atoms. The molecule has 7 aliphatic rings. The van der Waals surface area contributed by atoms with Gasteiger partial charge in [-0.1, -0.05) is 41.5 Å². The maximum absolute atomic E-state index is 12.3. The van der Waals surface area contributed by atoms with E-state index in [2.05, 4.69) is 48.5 Å². The Kier molecular flexibility index (Phi) is 11.2. The summed E-state index contributed by atoms with van der Waals surface area (Å²) in [6.45, 7) is 20.2. The number of aliphatic hydroxyl groups is 7. The van der Waals surface area contributed by atoms with Crippen molar-refractivity contribution in [2.45, 2.75) is 205 Å². The first-order valence-electron chi connectivity index (χ1n) is 21.4. The fraction of sp³-hybridized carbons (Fsp3) is 0.977. The van der Waals surface area contributed by atoms with Crippen molar-refractivity contribution in [1.82, 2.24) is 0 Å². The Morgan fingerprint density at radius 1 is 0.684 bits per heavy atom. The summed E-state index contributed by atoms with van der Waals surface area (Å²) in [5.41, 5.74) is -3.61. The van der Waals surface area contributed by atoms with Gasteiger partial charge in [0, 0.05) is 12.8 Å². The minimum atomic E-state index is -1.49. The molecule has 0 spiro atoms. The molecule has 0 radical (unpaired) electrons. The fourth-order valence-corrected chi connectivity index (χ4v) is 14.5. The number of rotatable bonds is 7. The molecular weight excluding hydrogens is 740 g/mol. The molecule has 20 atom stereocenters. The molecule has 0 aromatic carbocycles. The summed E-state index contributed by atoms with van der Waals surface area (Å²) in [6.07, 6.45) is -6.71. The van der Waals surface area contributed by atoms with Crippen LogP contribution in [0.2, 0.25) is 0 Å². The van der Waals surface area contributed by atoms with Crippen LogP contribution in [0.15, 0.2) is 0 Å². The van der Waals surface area contributed by atoms with Crippen molar-refractivity contribution in [2.24, 2.45) is 44.8 Å². The quantitative estimate of drug-likeness (QED) is 0.146. The van der Waals surface area contributed by atoms with Gasteiger partial charge in [-0.15, -0.1) is 0 Å². The molecule has 3 heterocycles. The zero-order valence-corrected chi connectivity index (χ0v) is 35.7. The molecule has 7 fully saturated rings. The second kappa shape index (κ2) is 14.5. The number of hydrogen-bond acceptors (Lipinski definition) is 14. The number of carbonyl (C=O) groups excluding carboxylic acids is 1. The second-order valence-electron chi connectivity index (χ2n) is 21.5. The van der Waals surface area contributed by atoms with Crippen LogP contribution in [0.1, 0.15) is 121 Å². The van der Waals surface area contributed by atoms with E-state index in [1.165, 1.54) is 6.92 Å². The van der Waals surface area contributed by atoms with Gasteiger partial charge in [-0.2, -0.15) is 0 Å². The molecule has 328 valence electrons. The van der Waals surface area contributed by atoms with Crippen LogP contribution in [0.25, 0.3) is 0 Å². The van der Waals surface area contributed by atoms with Crippen LogP contribution < -0.4 is 0 Å².